The van der Waals surface area contributed by atoms with E-state index in [1.54, 1.807) is 7.11 Å². The fourth-order valence-electron chi connectivity index (χ4n) is 2.78. The number of hydrogen-bond acceptors (Lipinski definition) is 2. The van der Waals surface area contributed by atoms with Crippen molar-refractivity contribution in [1.29, 1.82) is 0 Å². The number of hydrogen-bond donors (Lipinski definition) is 1. The van der Waals surface area contributed by atoms with Gasteiger partial charge >= 0.3 is 0 Å². The Labute approximate surface area is 118 Å². The van der Waals surface area contributed by atoms with Crippen molar-refractivity contribution in [3.63, 3.8) is 0 Å². The molecule has 1 aromatic rings. The predicted molar refractivity (Wildman–Crippen MR) is 80.3 cm³/mol. The Kier molecular flexibility index (Phi) is 4.55. The maximum absolute atomic E-state index is 5.42. The first-order valence-electron chi connectivity index (χ1n) is 6.72. The Morgan fingerprint density at radius 1 is 1.28 bits per heavy atom. The Hall–Kier alpha value is -0.700. The van der Waals surface area contributed by atoms with Gasteiger partial charge in [-0.25, -0.2) is 0 Å². The van der Waals surface area contributed by atoms with Crippen LogP contribution in [0.4, 0.5) is 5.69 Å². The van der Waals surface area contributed by atoms with Crippen LogP contribution in [0.2, 0.25) is 0 Å². The molecule has 1 aromatic carbocycles. The molecule has 0 radical (unpaired) electrons. The summed E-state index contributed by atoms with van der Waals surface area (Å²) in [7, 11) is 1.72. The molecule has 0 bridgehead atoms. The van der Waals surface area contributed by atoms with Gasteiger partial charge in [0.1, 0.15) is 5.75 Å². The Morgan fingerprint density at radius 3 is 2.78 bits per heavy atom. The molecule has 1 saturated carbocycles. The smallest absolute Gasteiger partial charge is 0.142 e. The van der Waals surface area contributed by atoms with Gasteiger partial charge in [-0.15, -0.1) is 0 Å². The SMILES string of the molecule is COc1ccc(Br)cc1NC1CCCC(C)C1C. The zero-order valence-electron chi connectivity index (χ0n) is 11.4. The molecule has 2 rings (SSSR count). The van der Waals surface area contributed by atoms with E-state index >= 15 is 0 Å². The highest BCUT2D eigenvalue weighted by Crippen LogP contribution is 2.35. The molecule has 3 atom stereocenters. The van der Waals surface area contributed by atoms with Crippen LogP contribution in [0.25, 0.3) is 0 Å². The minimum atomic E-state index is 0.553. The monoisotopic (exact) mass is 311 g/mol. The summed E-state index contributed by atoms with van der Waals surface area (Å²) in [6, 6.07) is 6.67. The van der Waals surface area contributed by atoms with Crippen molar-refractivity contribution in [2.75, 3.05) is 12.4 Å². The minimum absolute atomic E-state index is 0.553. The van der Waals surface area contributed by atoms with Gasteiger partial charge in [-0.3, -0.25) is 0 Å². The molecule has 1 N–H and O–H groups in total. The van der Waals surface area contributed by atoms with Gasteiger partial charge < -0.3 is 10.1 Å². The largest absolute Gasteiger partial charge is 0.495 e. The van der Waals surface area contributed by atoms with Crippen LogP contribution >= 0.6 is 15.9 Å². The average Bonchev–Trinajstić information content (AvgIpc) is 2.35. The fraction of sp³-hybridized carbons (Fsp3) is 0.600. The second-order valence-electron chi connectivity index (χ2n) is 5.36. The molecule has 2 nitrogen and oxygen atoms in total. The van der Waals surface area contributed by atoms with Crippen molar-refractivity contribution in [1.82, 2.24) is 0 Å². The van der Waals surface area contributed by atoms with E-state index in [1.165, 1.54) is 19.3 Å². The highest BCUT2D eigenvalue weighted by molar-refractivity contribution is 9.10. The summed E-state index contributed by atoms with van der Waals surface area (Å²) in [5.74, 6) is 2.43. The lowest BCUT2D eigenvalue weighted by molar-refractivity contribution is 0.252. The number of anilines is 1. The van der Waals surface area contributed by atoms with E-state index in [4.69, 9.17) is 4.74 Å². The van der Waals surface area contributed by atoms with Gasteiger partial charge in [-0.05, 0) is 36.5 Å². The van der Waals surface area contributed by atoms with Crippen molar-refractivity contribution in [3.05, 3.63) is 22.7 Å². The first-order chi connectivity index (χ1) is 8.61. The van der Waals surface area contributed by atoms with Crippen molar-refractivity contribution in [3.8, 4) is 5.75 Å². The first-order valence-corrected chi connectivity index (χ1v) is 7.51. The van der Waals surface area contributed by atoms with E-state index < -0.39 is 0 Å². The molecule has 1 fully saturated rings. The van der Waals surface area contributed by atoms with E-state index in [9.17, 15) is 0 Å². The van der Waals surface area contributed by atoms with Crippen molar-refractivity contribution in [2.24, 2.45) is 11.8 Å². The zero-order chi connectivity index (χ0) is 13.1. The molecular formula is C15H22BrNO. The van der Waals surface area contributed by atoms with Crippen LogP contribution < -0.4 is 10.1 Å². The molecule has 0 spiro atoms. The lowest BCUT2D eigenvalue weighted by atomic mass is 9.78. The maximum atomic E-state index is 5.42. The van der Waals surface area contributed by atoms with Crippen molar-refractivity contribution >= 4 is 21.6 Å². The quantitative estimate of drug-likeness (QED) is 0.874. The number of benzene rings is 1. The normalized spacial score (nSPS) is 27.9. The molecule has 1 aliphatic rings. The summed E-state index contributed by atoms with van der Waals surface area (Å²) in [6.07, 6.45) is 3.93. The molecule has 18 heavy (non-hydrogen) atoms. The van der Waals surface area contributed by atoms with E-state index in [-0.39, 0.29) is 0 Å². The standard InChI is InChI=1S/C15H22BrNO/c1-10-5-4-6-13(11(10)2)17-14-9-12(16)7-8-15(14)18-3/h7-11,13,17H,4-6H2,1-3H3. The summed E-state index contributed by atoms with van der Waals surface area (Å²) >= 11 is 3.52. The number of ether oxygens (including phenoxy) is 1. The van der Waals surface area contributed by atoms with Crippen molar-refractivity contribution < 1.29 is 4.74 Å². The van der Waals surface area contributed by atoms with Crippen LogP contribution in [0.1, 0.15) is 33.1 Å². The zero-order valence-corrected chi connectivity index (χ0v) is 13.0. The fourth-order valence-corrected chi connectivity index (χ4v) is 3.14. The molecule has 0 saturated heterocycles. The minimum Gasteiger partial charge on any atom is -0.495 e. The molecule has 0 aliphatic heterocycles. The number of halogens is 1. The lowest BCUT2D eigenvalue weighted by Crippen LogP contribution is -2.35. The summed E-state index contributed by atoms with van der Waals surface area (Å²) in [5, 5.41) is 3.67. The maximum Gasteiger partial charge on any atom is 0.142 e. The van der Waals surface area contributed by atoms with Crippen molar-refractivity contribution in [2.45, 2.75) is 39.2 Å². The predicted octanol–water partition coefficient (Wildman–Crippen LogP) is 4.69. The van der Waals surface area contributed by atoms with E-state index in [0.29, 0.717) is 12.0 Å². The van der Waals surface area contributed by atoms with Crippen LogP contribution in [-0.4, -0.2) is 13.2 Å². The Balaban J connectivity index is 2.15. The molecule has 1 aliphatic carbocycles. The van der Waals surface area contributed by atoms with Gasteiger partial charge in [0, 0.05) is 10.5 Å². The highest BCUT2D eigenvalue weighted by Gasteiger charge is 2.27. The first kappa shape index (κ1) is 13.7. The summed E-state index contributed by atoms with van der Waals surface area (Å²) < 4.78 is 6.51. The van der Waals surface area contributed by atoms with Crippen LogP contribution in [0.3, 0.4) is 0 Å². The highest BCUT2D eigenvalue weighted by atomic mass is 79.9. The van der Waals surface area contributed by atoms with Gasteiger partial charge in [0.25, 0.3) is 0 Å². The van der Waals surface area contributed by atoms with Gasteiger partial charge in [0.05, 0.1) is 12.8 Å². The Bertz CT molecular complexity index is 407. The molecular weight excluding hydrogens is 290 g/mol. The number of nitrogens with one attached hydrogen (secondary N) is 1. The van der Waals surface area contributed by atoms with E-state index in [0.717, 1.165) is 21.8 Å². The van der Waals surface area contributed by atoms with Crippen LogP contribution in [-0.2, 0) is 0 Å². The molecule has 100 valence electrons. The molecule has 0 amide bonds. The Morgan fingerprint density at radius 2 is 2.06 bits per heavy atom. The molecule has 3 heteroatoms. The topological polar surface area (TPSA) is 21.3 Å². The lowest BCUT2D eigenvalue weighted by Gasteiger charge is -2.35. The van der Waals surface area contributed by atoms with Crippen LogP contribution in [0.5, 0.6) is 5.75 Å². The second kappa shape index (κ2) is 5.96. The molecule has 0 heterocycles. The van der Waals surface area contributed by atoms with Gasteiger partial charge in [-0.1, -0.05) is 42.6 Å². The van der Waals surface area contributed by atoms with Crippen LogP contribution in [0, 0.1) is 11.8 Å². The summed E-state index contributed by atoms with van der Waals surface area (Å²) in [6.45, 7) is 4.71. The average molecular weight is 312 g/mol. The third-order valence-electron chi connectivity index (χ3n) is 4.21. The van der Waals surface area contributed by atoms with Crippen LogP contribution in [0.15, 0.2) is 22.7 Å². The summed E-state index contributed by atoms with van der Waals surface area (Å²) in [5.41, 5.74) is 1.10. The summed E-state index contributed by atoms with van der Waals surface area (Å²) in [4.78, 5) is 0. The number of methoxy groups -OCH3 is 1. The molecule has 3 unspecified atom stereocenters. The second-order valence-corrected chi connectivity index (χ2v) is 6.28. The van der Waals surface area contributed by atoms with E-state index in [2.05, 4.69) is 41.2 Å². The van der Waals surface area contributed by atoms with Gasteiger partial charge in [-0.2, -0.15) is 0 Å². The van der Waals surface area contributed by atoms with Gasteiger partial charge in [0.2, 0.25) is 0 Å². The number of rotatable bonds is 3. The molecule has 0 aromatic heterocycles. The van der Waals surface area contributed by atoms with Gasteiger partial charge in [0.15, 0.2) is 0 Å². The van der Waals surface area contributed by atoms with E-state index in [1.807, 2.05) is 12.1 Å². The third-order valence-corrected chi connectivity index (χ3v) is 4.70. The third kappa shape index (κ3) is 3.00.